The number of sulfonamides is 1. The first kappa shape index (κ1) is 20.7. The quantitative estimate of drug-likeness (QED) is 0.729. The maximum absolute atomic E-state index is 13.5. The average molecular weight is 421 g/mol. The molecular weight excluding hydrogens is 396 g/mol. The van der Waals surface area contributed by atoms with E-state index in [-0.39, 0.29) is 5.91 Å². The maximum Gasteiger partial charge on any atom is 0.250 e. The van der Waals surface area contributed by atoms with Crippen molar-refractivity contribution in [3.63, 3.8) is 0 Å². The van der Waals surface area contributed by atoms with E-state index < -0.39 is 16.1 Å². The number of rotatable bonds is 5. The van der Waals surface area contributed by atoms with Crippen LogP contribution in [-0.2, 0) is 21.2 Å². The molecule has 0 fully saturated rings. The van der Waals surface area contributed by atoms with Crippen molar-refractivity contribution in [2.24, 2.45) is 0 Å². The molecule has 0 saturated carbocycles. The molecule has 2 aromatic rings. The zero-order chi connectivity index (χ0) is 20.5. The van der Waals surface area contributed by atoms with Gasteiger partial charge < -0.3 is 4.90 Å². The molecule has 0 aliphatic carbocycles. The molecule has 28 heavy (non-hydrogen) atoms. The van der Waals surface area contributed by atoms with Crippen molar-refractivity contribution in [3.8, 4) is 0 Å². The first-order valence-electron chi connectivity index (χ1n) is 9.39. The molecule has 1 atom stereocenters. The number of para-hydroxylation sites is 1. The van der Waals surface area contributed by atoms with Crippen LogP contribution in [0.25, 0.3) is 0 Å². The minimum atomic E-state index is -3.69. The van der Waals surface area contributed by atoms with Gasteiger partial charge in [-0.1, -0.05) is 42.8 Å². The van der Waals surface area contributed by atoms with E-state index in [0.717, 1.165) is 35.9 Å². The first-order chi connectivity index (χ1) is 13.2. The lowest BCUT2D eigenvalue weighted by molar-refractivity contribution is -0.119. The van der Waals surface area contributed by atoms with Gasteiger partial charge >= 0.3 is 0 Å². The summed E-state index contributed by atoms with van der Waals surface area (Å²) in [7, 11) is -3.69. The van der Waals surface area contributed by atoms with Gasteiger partial charge in [-0.15, -0.1) is 0 Å². The number of nitrogens with zero attached hydrogens (tertiary/aromatic N) is 2. The summed E-state index contributed by atoms with van der Waals surface area (Å²) in [6, 6.07) is 12.0. The van der Waals surface area contributed by atoms with Crippen molar-refractivity contribution in [2.75, 3.05) is 22.0 Å². The number of carbonyl (C=O) groups excluding carboxylic acids is 1. The number of fused-ring (bicyclic) bond motifs is 1. The smallest absolute Gasteiger partial charge is 0.250 e. The fourth-order valence-electron chi connectivity index (χ4n) is 3.70. The number of hydrogen-bond acceptors (Lipinski definition) is 3. The highest BCUT2D eigenvalue weighted by atomic mass is 35.5. The van der Waals surface area contributed by atoms with Crippen LogP contribution in [0.4, 0.5) is 11.4 Å². The van der Waals surface area contributed by atoms with Crippen LogP contribution in [0.3, 0.4) is 0 Å². The molecule has 2 aromatic carbocycles. The van der Waals surface area contributed by atoms with Gasteiger partial charge in [-0.25, -0.2) is 8.42 Å². The summed E-state index contributed by atoms with van der Waals surface area (Å²) in [5, 5.41) is 0.469. The molecule has 0 bridgehead atoms. The van der Waals surface area contributed by atoms with Gasteiger partial charge in [0.1, 0.15) is 6.04 Å². The molecule has 1 aliphatic heterocycles. The first-order valence-corrected chi connectivity index (χ1v) is 11.6. The van der Waals surface area contributed by atoms with E-state index in [0.29, 0.717) is 23.7 Å². The minimum Gasteiger partial charge on any atom is -0.310 e. The Balaban J connectivity index is 2.04. The van der Waals surface area contributed by atoms with Crippen molar-refractivity contribution < 1.29 is 13.2 Å². The van der Waals surface area contributed by atoms with Gasteiger partial charge in [0.05, 0.1) is 11.9 Å². The lowest BCUT2D eigenvalue weighted by Gasteiger charge is -2.36. The highest BCUT2D eigenvalue weighted by Gasteiger charge is 2.36. The summed E-state index contributed by atoms with van der Waals surface area (Å²) < 4.78 is 26.6. The molecular formula is C21H25ClN2O3S. The maximum atomic E-state index is 13.5. The van der Waals surface area contributed by atoms with E-state index in [9.17, 15) is 13.2 Å². The van der Waals surface area contributed by atoms with E-state index in [1.807, 2.05) is 38.1 Å². The van der Waals surface area contributed by atoms with Gasteiger partial charge in [-0.3, -0.25) is 9.10 Å². The topological polar surface area (TPSA) is 57.7 Å². The third-order valence-electron chi connectivity index (χ3n) is 5.10. The van der Waals surface area contributed by atoms with Crippen LogP contribution in [0.15, 0.2) is 42.5 Å². The molecule has 3 rings (SSSR count). The second kappa shape index (κ2) is 8.13. The van der Waals surface area contributed by atoms with Crippen LogP contribution in [0.1, 0.15) is 30.9 Å². The summed E-state index contributed by atoms with van der Waals surface area (Å²) in [6.45, 7) is 4.26. The minimum absolute atomic E-state index is 0.211. The van der Waals surface area contributed by atoms with E-state index in [4.69, 9.17) is 11.6 Å². The zero-order valence-corrected chi connectivity index (χ0v) is 17.9. The Morgan fingerprint density at radius 3 is 2.61 bits per heavy atom. The lowest BCUT2D eigenvalue weighted by atomic mass is 10.0. The number of carbonyl (C=O) groups is 1. The molecule has 0 radical (unpaired) electrons. The summed E-state index contributed by atoms with van der Waals surface area (Å²) >= 11 is 6.23. The predicted molar refractivity (Wildman–Crippen MR) is 115 cm³/mol. The van der Waals surface area contributed by atoms with Crippen molar-refractivity contribution in [2.45, 2.75) is 39.2 Å². The molecule has 1 amide bonds. The molecule has 5 nitrogen and oxygen atoms in total. The molecule has 0 aromatic heterocycles. The Bertz CT molecular complexity index is 991. The lowest BCUT2D eigenvalue weighted by Crippen LogP contribution is -2.52. The second-order valence-corrected chi connectivity index (χ2v) is 9.41. The van der Waals surface area contributed by atoms with E-state index in [1.165, 1.54) is 4.31 Å². The largest absolute Gasteiger partial charge is 0.310 e. The number of anilines is 2. The zero-order valence-electron chi connectivity index (χ0n) is 16.4. The Hall–Kier alpha value is -2.05. The SMILES string of the molecule is CC[C@H](C(=O)N1CCCc2ccccc21)N(c1ccc(C)c(Cl)c1)S(C)(=O)=O. The van der Waals surface area contributed by atoms with E-state index >= 15 is 0 Å². The number of amides is 1. The Morgan fingerprint density at radius 1 is 1.25 bits per heavy atom. The monoisotopic (exact) mass is 420 g/mol. The van der Waals surface area contributed by atoms with Crippen LogP contribution in [0.5, 0.6) is 0 Å². The molecule has 0 spiro atoms. The molecule has 0 saturated heterocycles. The Kier molecular flexibility index (Phi) is 6.01. The number of hydrogen-bond donors (Lipinski definition) is 0. The van der Waals surface area contributed by atoms with Crippen LogP contribution in [0.2, 0.25) is 5.02 Å². The number of halogens is 1. The van der Waals surface area contributed by atoms with Gasteiger partial charge in [0, 0.05) is 17.3 Å². The molecule has 150 valence electrons. The van der Waals surface area contributed by atoms with Gasteiger partial charge in [-0.05, 0) is 55.5 Å². The molecule has 0 N–H and O–H groups in total. The highest BCUT2D eigenvalue weighted by molar-refractivity contribution is 7.92. The van der Waals surface area contributed by atoms with Gasteiger partial charge in [0.2, 0.25) is 10.0 Å². The van der Waals surface area contributed by atoms with E-state index in [1.54, 1.807) is 23.1 Å². The van der Waals surface area contributed by atoms with Crippen molar-refractivity contribution in [1.82, 2.24) is 0 Å². The molecule has 7 heteroatoms. The Morgan fingerprint density at radius 2 is 1.96 bits per heavy atom. The fraction of sp³-hybridized carbons (Fsp3) is 0.381. The van der Waals surface area contributed by atoms with Crippen LogP contribution >= 0.6 is 11.6 Å². The van der Waals surface area contributed by atoms with E-state index in [2.05, 4.69) is 0 Å². The fourth-order valence-corrected chi connectivity index (χ4v) is 5.08. The van der Waals surface area contributed by atoms with Crippen LogP contribution < -0.4 is 9.21 Å². The summed E-state index contributed by atoms with van der Waals surface area (Å²) in [6.07, 6.45) is 3.26. The third-order valence-corrected chi connectivity index (χ3v) is 6.69. The van der Waals surface area contributed by atoms with Crippen molar-refractivity contribution >= 4 is 38.9 Å². The molecule has 1 heterocycles. The van der Waals surface area contributed by atoms with Gasteiger partial charge in [0.15, 0.2) is 0 Å². The highest BCUT2D eigenvalue weighted by Crippen LogP contribution is 2.31. The van der Waals surface area contributed by atoms with Gasteiger partial charge in [0.25, 0.3) is 5.91 Å². The number of aryl methyl sites for hydroxylation is 2. The van der Waals surface area contributed by atoms with Crippen molar-refractivity contribution in [3.05, 3.63) is 58.6 Å². The second-order valence-electron chi connectivity index (χ2n) is 7.14. The standard InChI is InChI=1S/C21H25ClN2O3S/c1-4-19(21(25)23-13-7-9-16-8-5-6-10-20(16)23)24(28(3,26)27)17-12-11-15(2)18(22)14-17/h5-6,8,10-12,14,19H,4,7,9,13H2,1-3H3/t19-/m1/s1. The van der Waals surface area contributed by atoms with Crippen LogP contribution in [0, 0.1) is 6.92 Å². The molecule has 0 unspecified atom stereocenters. The summed E-state index contributed by atoms with van der Waals surface area (Å²) in [5.74, 6) is -0.211. The van der Waals surface area contributed by atoms with Crippen molar-refractivity contribution in [1.29, 1.82) is 0 Å². The van der Waals surface area contributed by atoms with Crippen LogP contribution in [-0.4, -0.2) is 33.2 Å². The average Bonchev–Trinajstić information content (AvgIpc) is 2.66. The predicted octanol–water partition coefficient (Wildman–Crippen LogP) is 4.17. The summed E-state index contributed by atoms with van der Waals surface area (Å²) in [4.78, 5) is 15.2. The number of benzene rings is 2. The van der Waals surface area contributed by atoms with Gasteiger partial charge in [-0.2, -0.15) is 0 Å². The Labute approximate surface area is 172 Å². The third kappa shape index (κ3) is 4.03. The normalized spacial score (nSPS) is 15.1. The summed E-state index contributed by atoms with van der Waals surface area (Å²) in [5.41, 5.74) is 3.24. The molecule has 1 aliphatic rings.